The third kappa shape index (κ3) is 2.30. The molecule has 0 amide bonds. The molecule has 0 aromatic heterocycles. The quantitative estimate of drug-likeness (QED) is 0.630. The van der Waals surface area contributed by atoms with Gasteiger partial charge in [-0.15, -0.1) is 11.8 Å². The molecule has 0 aliphatic carbocycles. The van der Waals surface area contributed by atoms with Crippen molar-refractivity contribution in [2.24, 2.45) is 0 Å². The smallest absolute Gasteiger partial charge is 0.338 e. The summed E-state index contributed by atoms with van der Waals surface area (Å²) in [5.74, 6) is -1.76. The second-order valence-electron chi connectivity index (χ2n) is 2.68. The second kappa shape index (κ2) is 4.84. The van der Waals surface area contributed by atoms with Crippen molar-refractivity contribution in [2.75, 3.05) is 13.4 Å². The summed E-state index contributed by atoms with van der Waals surface area (Å²) in [4.78, 5) is 22.9. The Kier molecular flexibility index (Phi) is 3.74. The summed E-state index contributed by atoms with van der Waals surface area (Å²) < 4.78 is 4.52. The van der Waals surface area contributed by atoms with E-state index in [-0.39, 0.29) is 11.1 Å². The first-order chi connectivity index (χ1) is 7.11. The highest BCUT2D eigenvalue weighted by Gasteiger charge is 2.20. The van der Waals surface area contributed by atoms with E-state index in [1.807, 2.05) is 0 Å². The van der Waals surface area contributed by atoms with E-state index in [2.05, 4.69) is 4.74 Å². The molecule has 0 spiro atoms. The van der Waals surface area contributed by atoms with Gasteiger partial charge in [-0.05, 0) is 18.4 Å². The first-order valence-corrected chi connectivity index (χ1v) is 5.33. The average molecular weight is 226 g/mol. The summed E-state index contributed by atoms with van der Waals surface area (Å²) in [7, 11) is 1.22. The van der Waals surface area contributed by atoms with Gasteiger partial charge in [-0.1, -0.05) is 6.07 Å². The van der Waals surface area contributed by atoms with E-state index < -0.39 is 11.9 Å². The molecule has 1 aromatic rings. The van der Waals surface area contributed by atoms with Gasteiger partial charge < -0.3 is 9.84 Å². The molecule has 0 aliphatic rings. The van der Waals surface area contributed by atoms with Crippen LogP contribution in [0.3, 0.4) is 0 Å². The number of hydrogen-bond acceptors (Lipinski definition) is 4. The van der Waals surface area contributed by atoms with Crippen molar-refractivity contribution in [3.63, 3.8) is 0 Å². The maximum absolute atomic E-state index is 11.3. The number of benzene rings is 1. The van der Waals surface area contributed by atoms with Crippen molar-refractivity contribution in [1.29, 1.82) is 0 Å². The number of carbonyl (C=O) groups is 2. The highest BCUT2D eigenvalue weighted by Crippen LogP contribution is 2.24. The van der Waals surface area contributed by atoms with Gasteiger partial charge in [0.2, 0.25) is 0 Å². The highest BCUT2D eigenvalue weighted by molar-refractivity contribution is 7.98. The minimum absolute atomic E-state index is 0.00292. The van der Waals surface area contributed by atoms with Gasteiger partial charge >= 0.3 is 11.9 Å². The Morgan fingerprint density at radius 2 is 2.07 bits per heavy atom. The number of ether oxygens (including phenoxy) is 1. The van der Waals surface area contributed by atoms with Crippen LogP contribution in [0.15, 0.2) is 23.1 Å². The van der Waals surface area contributed by atoms with Crippen molar-refractivity contribution >= 4 is 23.7 Å². The zero-order chi connectivity index (χ0) is 11.4. The maximum Gasteiger partial charge on any atom is 0.338 e. The molecule has 15 heavy (non-hydrogen) atoms. The maximum atomic E-state index is 11.3. The van der Waals surface area contributed by atoms with Crippen molar-refractivity contribution in [3.05, 3.63) is 29.3 Å². The summed E-state index contributed by atoms with van der Waals surface area (Å²) in [6.07, 6.45) is 1.75. The van der Waals surface area contributed by atoms with Crippen LogP contribution in [0.25, 0.3) is 0 Å². The third-order valence-electron chi connectivity index (χ3n) is 1.87. The largest absolute Gasteiger partial charge is 0.478 e. The summed E-state index contributed by atoms with van der Waals surface area (Å²) in [5, 5.41) is 9.00. The van der Waals surface area contributed by atoms with Gasteiger partial charge in [0, 0.05) is 4.90 Å². The molecule has 0 radical (unpaired) electrons. The third-order valence-corrected chi connectivity index (χ3v) is 2.65. The van der Waals surface area contributed by atoms with E-state index >= 15 is 0 Å². The van der Waals surface area contributed by atoms with Gasteiger partial charge in [-0.2, -0.15) is 0 Å². The van der Waals surface area contributed by atoms with Gasteiger partial charge in [0.15, 0.2) is 0 Å². The number of methoxy groups -OCH3 is 1. The molecule has 0 heterocycles. The Morgan fingerprint density at radius 1 is 1.40 bits per heavy atom. The van der Waals surface area contributed by atoms with E-state index in [0.717, 1.165) is 0 Å². The van der Waals surface area contributed by atoms with Gasteiger partial charge in [-0.3, -0.25) is 0 Å². The van der Waals surface area contributed by atoms with Crippen molar-refractivity contribution in [3.8, 4) is 0 Å². The second-order valence-corrected chi connectivity index (χ2v) is 3.53. The normalized spacial score (nSPS) is 9.73. The average Bonchev–Trinajstić information content (AvgIpc) is 2.26. The van der Waals surface area contributed by atoms with Gasteiger partial charge in [0.05, 0.1) is 18.2 Å². The molecule has 1 aromatic carbocycles. The molecule has 0 bridgehead atoms. The fourth-order valence-electron chi connectivity index (χ4n) is 1.20. The first-order valence-electron chi connectivity index (χ1n) is 4.10. The molecule has 5 heteroatoms. The Bertz CT molecular complexity index is 400. The molecular formula is C10H10O4S. The fourth-order valence-corrected chi connectivity index (χ4v) is 1.82. The van der Waals surface area contributed by atoms with E-state index in [1.54, 1.807) is 18.4 Å². The van der Waals surface area contributed by atoms with E-state index in [1.165, 1.54) is 24.9 Å². The first kappa shape index (κ1) is 11.6. The number of rotatable bonds is 3. The number of carbonyl (C=O) groups excluding carboxylic acids is 1. The lowest BCUT2D eigenvalue weighted by atomic mass is 10.1. The minimum atomic E-state index is -1.12. The van der Waals surface area contributed by atoms with Crippen LogP contribution in [0.1, 0.15) is 20.7 Å². The lowest BCUT2D eigenvalue weighted by Gasteiger charge is -2.07. The lowest BCUT2D eigenvalue weighted by molar-refractivity contribution is 0.0581. The molecule has 0 atom stereocenters. The van der Waals surface area contributed by atoms with E-state index in [9.17, 15) is 9.59 Å². The van der Waals surface area contributed by atoms with E-state index in [0.29, 0.717) is 4.90 Å². The van der Waals surface area contributed by atoms with Crippen molar-refractivity contribution in [2.45, 2.75) is 4.90 Å². The Labute approximate surface area is 91.2 Å². The molecule has 0 fully saturated rings. The topological polar surface area (TPSA) is 63.6 Å². The molecule has 0 saturated heterocycles. The number of thioether (sulfide) groups is 1. The molecule has 1 rings (SSSR count). The van der Waals surface area contributed by atoms with Crippen LogP contribution in [-0.4, -0.2) is 30.4 Å². The number of hydrogen-bond donors (Lipinski definition) is 1. The number of aromatic carboxylic acids is 1. The van der Waals surface area contributed by atoms with Gasteiger partial charge in [0.1, 0.15) is 0 Å². The van der Waals surface area contributed by atoms with Crippen LogP contribution in [0.2, 0.25) is 0 Å². The predicted octanol–water partition coefficient (Wildman–Crippen LogP) is 1.89. The monoisotopic (exact) mass is 226 g/mol. The van der Waals surface area contributed by atoms with Gasteiger partial charge in [0.25, 0.3) is 0 Å². The van der Waals surface area contributed by atoms with Gasteiger partial charge in [-0.25, -0.2) is 9.59 Å². The molecule has 4 nitrogen and oxygen atoms in total. The summed E-state index contributed by atoms with van der Waals surface area (Å²) in [5.41, 5.74) is 0.0775. The Hall–Kier alpha value is -1.49. The molecule has 0 aliphatic heterocycles. The fraction of sp³-hybridized carbons (Fsp3) is 0.200. The van der Waals surface area contributed by atoms with Crippen LogP contribution in [-0.2, 0) is 4.74 Å². The molecule has 0 unspecified atom stereocenters. The Morgan fingerprint density at radius 3 is 2.53 bits per heavy atom. The SMILES string of the molecule is COC(=O)c1cccc(SC)c1C(=O)O. The number of carboxylic acids is 1. The van der Waals surface area contributed by atoms with Crippen LogP contribution < -0.4 is 0 Å². The van der Waals surface area contributed by atoms with Crippen molar-refractivity contribution in [1.82, 2.24) is 0 Å². The summed E-state index contributed by atoms with van der Waals surface area (Å²) >= 11 is 1.28. The van der Waals surface area contributed by atoms with E-state index in [4.69, 9.17) is 5.11 Å². The molecular weight excluding hydrogens is 216 g/mol. The Balaban J connectivity index is 3.38. The molecule has 80 valence electrons. The standard InChI is InChI=1S/C10H10O4S/c1-14-10(13)6-4-3-5-7(15-2)8(6)9(11)12/h3-5H,1-2H3,(H,11,12). The summed E-state index contributed by atoms with van der Waals surface area (Å²) in [6, 6.07) is 4.72. The van der Waals surface area contributed by atoms with Crippen LogP contribution >= 0.6 is 11.8 Å². The highest BCUT2D eigenvalue weighted by atomic mass is 32.2. The van der Waals surface area contributed by atoms with Crippen LogP contribution in [0, 0.1) is 0 Å². The minimum Gasteiger partial charge on any atom is -0.478 e. The van der Waals surface area contributed by atoms with Crippen molar-refractivity contribution < 1.29 is 19.4 Å². The predicted molar refractivity (Wildman–Crippen MR) is 56.5 cm³/mol. The van der Waals surface area contributed by atoms with Crippen LogP contribution in [0.4, 0.5) is 0 Å². The lowest BCUT2D eigenvalue weighted by Crippen LogP contribution is -2.11. The number of carboxylic acid groups (broad SMARTS) is 1. The zero-order valence-corrected chi connectivity index (χ0v) is 9.13. The number of esters is 1. The summed E-state index contributed by atoms with van der Waals surface area (Å²) in [6.45, 7) is 0. The molecule has 1 N–H and O–H groups in total. The molecule has 0 saturated carbocycles. The zero-order valence-electron chi connectivity index (χ0n) is 8.31. The van der Waals surface area contributed by atoms with Crippen LogP contribution in [0.5, 0.6) is 0 Å².